The monoisotopic (exact) mass is 407 g/mol. The number of halogens is 2. The topological polar surface area (TPSA) is 77.1 Å². The van der Waals surface area contributed by atoms with Gasteiger partial charge in [-0.1, -0.05) is 12.1 Å². The van der Waals surface area contributed by atoms with Gasteiger partial charge in [0.05, 0.1) is 16.9 Å². The van der Waals surface area contributed by atoms with Crippen molar-refractivity contribution in [1.29, 1.82) is 0 Å². The van der Waals surface area contributed by atoms with Crippen molar-refractivity contribution >= 4 is 35.2 Å². The van der Waals surface area contributed by atoms with Gasteiger partial charge in [0, 0.05) is 24.5 Å². The van der Waals surface area contributed by atoms with Crippen molar-refractivity contribution in [2.45, 2.75) is 0 Å². The van der Waals surface area contributed by atoms with Gasteiger partial charge in [0.25, 0.3) is 0 Å². The predicted octanol–water partition coefficient (Wildman–Crippen LogP) is 4.43. The van der Waals surface area contributed by atoms with Gasteiger partial charge in [0.15, 0.2) is 5.78 Å². The molecule has 2 aromatic carbocycles. The van der Waals surface area contributed by atoms with Crippen LogP contribution in [-0.2, 0) is 11.8 Å². The van der Waals surface area contributed by atoms with Crippen molar-refractivity contribution in [2.24, 2.45) is 7.05 Å². The number of hydrogen-bond donors (Lipinski definition) is 2. The van der Waals surface area contributed by atoms with Crippen LogP contribution in [0.2, 0.25) is 0 Å². The minimum atomic E-state index is -0.574. The SMILES string of the molecule is Cn1c(/C=C/C(=O)Nc2ccc(F)cc2N)ccc1/C=C/C(=O)c1ccccc1F. The van der Waals surface area contributed by atoms with Crippen molar-refractivity contribution in [2.75, 3.05) is 11.1 Å². The highest BCUT2D eigenvalue weighted by molar-refractivity contribution is 6.07. The van der Waals surface area contributed by atoms with Crippen LogP contribution in [0.15, 0.2) is 66.7 Å². The molecule has 0 fully saturated rings. The molecule has 0 aliphatic rings. The lowest BCUT2D eigenvalue weighted by Gasteiger charge is -2.06. The zero-order valence-corrected chi connectivity index (χ0v) is 16.1. The number of nitrogens with zero attached hydrogens (tertiary/aromatic N) is 1. The van der Waals surface area contributed by atoms with E-state index in [1.165, 1.54) is 42.5 Å². The van der Waals surface area contributed by atoms with Crippen molar-refractivity contribution in [3.8, 4) is 0 Å². The number of hydrogen-bond acceptors (Lipinski definition) is 3. The van der Waals surface area contributed by atoms with Crippen LogP contribution >= 0.6 is 0 Å². The number of carbonyl (C=O) groups excluding carboxylic acids is 2. The van der Waals surface area contributed by atoms with Gasteiger partial charge in [-0.25, -0.2) is 8.78 Å². The first kappa shape index (κ1) is 20.7. The number of rotatable bonds is 6. The first-order chi connectivity index (χ1) is 14.3. The second-order valence-corrected chi connectivity index (χ2v) is 6.47. The van der Waals surface area contributed by atoms with Gasteiger partial charge >= 0.3 is 0 Å². The highest BCUT2D eigenvalue weighted by atomic mass is 19.1. The Kier molecular flexibility index (Phi) is 6.22. The van der Waals surface area contributed by atoms with Gasteiger partial charge < -0.3 is 15.6 Å². The van der Waals surface area contributed by atoms with E-state index in [2.05, 4.69) is 5.32 Å². The van der Waals surface area contributed by atoms with Crippen LogP contribution in [0.25, 0.3) is 12.2 Å². The van der Waals surface area contributed by atoms with Crippen LogP contribution in [0.5, 0.6) is 0 Å². The molecule has 0 bridgehead atoms. The van der Waals surface area contributed by atoms with Gasteiger partial charge in [-0.3, -0.25) is 9.59 Å². The summed E-state index contributed by atoms with van der Waals surface area (Å²) in [5.74, 6) is -1.93. The molecular weight excluding hydrogens is 388 g/mol. The molecule has 152 valence electrons. The Morgan fingerprint density at radius 2 is 1.63 bits per heavy atom. The van der Waals surface area contributed by atoms with E-state index in [4.69, 9.17) is 5.73 Å². The molecule has 0 atom stereocenters. The number of nitrogens with two attached hydrogens (primary N) is 1. The van der Waals surface area contributed by atoms with Crippen molar-refractivity contribution in [3.05, 3.63) is 95.3 Å². The van der Waals surface area contributed by atoms with Crippen LogP contribution in [0, 0.1) is 11.6 Å². The molecule has 0 aliphatic carbocycles. The summed E-state index contributed by atoms with van der Waals surface area (Å²) in [4.78, 5) is 24.3. The molecule has 0 saturated heterocycles. The van der Waals surface area contributed by atoms with Crippen LogP contribution in [0.3, 0.4) is 0 Å². The summed E-state index contributed by atoms with van der Waals surface area (Å²) in [6, 6.07) is 13.0. The van der Waals surface area contributed by atoms with E-state index in [-0.39, 0.29) is 11.3 Å². The minimum absolute atomic E-state index is 0.000171. The third-order valence-corrected chi connectivity index (χ3v) is 4.42. The largest absolute Gasteiger partial charge is 0.397 e. The number of allylic oxidation sites excluding steroid dienone is 1. The molecule has 0 aliphatic heterocycles. The Morgan fingerprint density at radius 1 is 0.967 bits per heavy atom. The number of nitrogen functional groups attached to an aromatic ring is 1. The average Bonchev–Trinajstić information content (AvgIpc) is 3.06. The molecule has 5 nitrogen and oxygen atoms in total. The van der Waals surface area contributed by atoms with Gasteiger partial charge in [-0.05, 0) is 60.7 Å². The summed E-state index contributed by atoms with van der Waals surface area (Å²) in [6.07, 6.45) is 5.78. The number of carbonyl (C=O) groups is 2. The van der Waals surface area contributed by atoms with Gasteiger partial charge in [0.1, 0.15) is 11.6 Å². The normalized spacial score (nSPS) is 11.3. The number of aromatic nitrogens is 1. The molecule has 0 spiro atoms. The van der Waals surface area contributed by atoms with Gasteiger partial charge in [-0.2, -0.15) is 0 Å². The highest BCUT2D eigenvalue weighted by Gasteiger charge is 2.08. The Bertz CT molecular complexity index is 1160. The quantitative estimate of drug-likeness (QED) is 0.360. The number of benzene rings is 2. The second kappa shape index (κ2) is 9.00. The Hall–Kier alpha value is -4.00. The molecular formula is C23H19F2N3O2. The maximum absolute atomic E-state index is 13.7. The summed E-state index contributed by atoms with van der Waals surface area (Å²) in [6.45, 7) is 0. The van der Waals surface area contributed by atoms with E-state index >= 15 is 0 Å². The molecule has 3 N–H and O–H groups in total. The molecule has 3 aromatic rings. The first-order valence-electron chi connectivity index (χ1n) is 9.02. The summed E-state index contributed by atoms with van der Waals surface area (Å²) < 4.78 is 28.5. The van der Waals surface area contributed by atoms with E-state index in [1.807, 2.05) is 0 Å². The predicted molar refractivity (Wildman–Crippen MR) is 114 cm³/mol. The van der Waals surface area contributed by atoms with Crippen LogP contribution in [0.4, 0.5) is 20.2 Å². The first-order valence-corrected chi connectivity index (χ1v) is 9.02. The van der Waals surface area contributed by atoms with E-state index in [9.17, 15) is 18.4 Å². The van der Waals surface area contributed by atoms with Crippen molar-refractivity contribution in [3.63, 3.8) is 0 Å². The number of ketones is 1. The molecule has 3 rings (SSSR count). The van der Waals surface area contributed by atoms with E-state index in [1.54, 1.807) is 42.0 Å². The van der Waals surface area contributed by atoms with E-state index in [0.717, 1.165) is 6.07 Å². The summed E-state index contributed by atoms with van der Waals surface area (Å²) in [7, 11) is 1.77. The van der Waals surface area contributed by atoms with Crippen molar-refractivity contribution < 1.29 is 18.4 Å². The second-order valence-electron chi connectivity index (χ2n) is 6.47. The lowest BCUT2D eigenvalue weighted by atomic mass is 10.1. The Labute approximate surface area is 172 Å². The van der Waals surface area contributed by atoms with Gasteiger partial charge in [0.2, 0.25) is 5.91 Å². The minimum Gasteiger partial charge on any atom is -0.397 e. The lowest BCUT2D eigenvalue weighted by Crippen LogP contribution is -2.10. The molecule has 30 heavy (non-hydrogen) atoms. The molecule has 0 radical (unpaired) electrons. The number of nitrogens with one attached hydrogen (secondary N) is 1. The van der Waals surface area contributed by atoms with Crippen molar-refractivity contribution in [1.82, 2.24) is 4.57 Å². The number of anilines is 2. The molecule has 0 saturated carbocycles. The molecule has 1 heterocycles. The fourth-order valence-corrected chi connectivity index (χ4v) is 2.77. The van der Waals surface area contributed by atoms with E-state index < -0.39 is 23.3 Å². The zero-order valence-electron chi connectivity index (χ0n) is 16.1. The fraction of sp³-hybridized carbons (Fsp3) is 0.0435. The third kappa shape index (κ3) is 4.88. The smallest absolute Gasteiger partial charge is 0.248 e. The summed E-state index contributed by atoms with van der Waals surface area (Å²) in [5.41, 5.74) is 7.51. The van der Waals surface area contributed by atoms with Crippen LogP contribution < -0.4 is 11.1 Å². The molecule has 0 unspecified atom stereocenters. The van der Waals surface area contributed by atoms with Crippen LogP contribution in [0.1, 0.15) is 21.7 Å². The molecule has 1 amide bonds. The van der Waals surface area contributed by atoms with Gasteiger partial charge in [-0.15, -0.1) is 0 Å². The molecule has 7 heteroatoms. The summed E-state index contributed by atoms with van der Waals surface area (Å²) >= 11 is 0. The zero-order chi connectivity index (χ0) is 21.7. The maximum Gasteiger partial charge on any atom is 0.248 e. The maximum atomic E-state index is 13.7. The Morgan fingerprint density at radius 3 is 2.30 bits per heavy atom. The third-order valence-electron chi connectivity index (χ3n) is 4.42. The lowest BCUT2D eigenvalue weighted by molar-refractivity contribution is -0.111. The number of amides is 1. The molecule has 1 aromatic heterocycles. The standard InChI is InChI=1S/C23H19F2N3O2/c1-28-16(9-12-22(29)18-4-2-3-5-19(18)25)7-8-17(28)10-13-23(30)27-21-11-6-15(24)14-20(21)26/h2-14H,26H2,1H3,(H,27,30)/b12-9+,13-10+. The Balaban J connectivity index is 1.68. The average molecular weight is 407 g/mol. The van der Waals surface area contributed by atoms with Crippen LogP contribution in [-0.4, -0.2) is 16.3 Å². The fourth-order valence-electron chi connectivity index (χ4n) is 2.77. The van der Waals surface area contributed by atoms with E-state index in [0.29, 0.717) is 17.1 Å². The summed E-state index contributed by atoms with van der Waals surface area (Å²) in [5, 5.41) is 2.58. The highest BCUT2D eigenvalue weighted by Crippen LogP contribution is 2.19.